The molecule has 0 radical (unpaired) electrons. The van der Waals surface area contributed by atoms with E-state index in [2.05, 4.69) is 62.3 Å². The first kappa shape index (κ1) is 19.8. The number of hydrogen-bond acceptors (Lipinski definition) is 5. The molecular weight excluding hydrogens is 438 g/mol. The van der Waals surface area contributed by atoms with Crippen LogP contribution in [0.2, 0.25) is 20.3 Å². The minimum atomic E-state index is 0.378. The Balaban J connectivity index is 3.75. The van der Waals surface area contributed by atoms with Gasteiger partial charge in [-0.2, -0.15) is 0 Å². The molecule has 0 aliphatic carbocycles. The Morgan fingerprint density at radius 3 is 2.06 bits per heavy atom. The van der Waals surface area contributed by atoms with Crippen molar-refractivity contribution < 1.29 is 0 Å². The minimum absolute atomic E-state index is 0.378. The SMILES string of the molecule is SCC[Se]CCSCC(CS)(CS)[Se]CCS. The fraction of sp³-hybridized carbons (Fsp3) is 1.00. The molecule has 0 rings (SSSR count). The van der Waals surface area contributed by atoms with E-state index in [4.69, 9.17) is 0 Å². The van der Waals surface area contributed by atoms with Gasteiger partial charge in [0.15, 0.2) is 0 Å². The van der Waals surface area contributed by atoms with E-state index in [0.717, 1.165) is 38.0 Å². The maximum atomic E-state index is 4.54. The van der Waals surface area contributed by atoms with E-state index in [9.17, 15) is 0 Å². The van der Waals surface area contributed by atoms with E-state index in [-0.39, 0.29) is 0 Å². The van der Waals surface area contributed by atoms with Gasteiger partial charge >= 0.3 is 147 Å². The van der Waals surface area contributed by atoms with E-state index in [1.165, 1.54) is 27.5 Å². The van der Waals surface area contributed by atoms with Gasteiger partial charge in [-0.25, -0.2) is 0 Å². The van der Waals surface area contributed by atoms with Crippen molar-refractivity contribution in [3.8, 4) is 0 Å². The number of hydrogen-bond donors (Lipinski definition) is 4. The van der Waals surface area contributed by atoms with Gasteiger partial charge in [0.2, 0.25) is 0 Å². The zero-order valence-electron chi connectivity index (χ0n) is 9.88. The number of thioether (sulfide) groups is 1. The predicted molar refractivity (Wildman–Crippen MR) is 101 cm³/mol. The summed E-state index contributed by atoms with van der Waals surface area (Å²) in [5, 5.41) is 3.93. The molecule has 0 nitrogen and oxygen atoms in total. The second kappa shape index (κ2) is 13.8. The van der Waals surface area contributed by atoms with Crippen molar-refractivity contribution in [3.05, 3.63) is 0 Å². The molecule has 0 bridgehead atoms. The monoisotopic (exact) mass is 462 g/mol. The van der Waals surface area contributed by atoms with Gasteiger partial charge in [0.25, 0.3) is 0 Å². The molecule has 0 aromatic carbocycles. The van der Waals surface area contributed by atoms with Crippen LogP contribution >= 0.6 is 62.3 Å². The fourth-order valence-electron chi connectivity index (χ4n) is 1.08. The fourth-order valence-corrected chi connectivity index (χ4v) is 9.85. The summed E-state index contributed by atoms with van der Waals surface area (Å²) in [5.41, 5.74) is 0. The molecule has 0 fully saturated rings. The summed E-state index contributed by atoms with van der Waals surface area (Å²) in [5.74, 6) is 6.52. The van der Waals surface area contributed by atoms with Crippen LogP contribution in [0, 0.1) is 0 Å². The third-order valence-electron chi connectivity index (χ3n) is 2.05. The van der Waals surface area contributed by atoms with Crippen LogP contribution in [0.25, 0.3) is 0 Å². The molecule has 0 atom stereocenters. The van der Waals surface area contributed by atoms with Gasteiger partial charge in [0, 0.05) is 0 Å². The van der Waals surface area contributed by atoms with E-state index >= 15 is 0 Å². The van der Waals surface area contributed by atoms with E-state index in [1.807, 2.05) is 0 Å². The average Bonchev–Trinajstić information content (AvgIpc) is 2.38. The quantitative estimate of drug-likeness (QED) is 0.197. The molecule has 0 saturated heterocycles. The standard InChI is InChI=1S/C10H22S5Se2/c11-1-4-16-6-3-15-9-10(7-13,8-14)17-5-2-12/h11-14H,1-9H2. The van der Waals surface area contributed by atoms with Crippen molar-refractivity contribution >= 4 is 92.2 Å². The number of rotatable bonds is 12. The van der Waals surface area contributed by atoms with E-state index in [0.29, 0.717) is 19.3 Å². The molecular formula is C10H22S5Se2. The molecule has 0 N–H and O–H groups in total. The summed E-state index contributed by atoms with van der Waals surface area (Å²) in [6.07, 6.45) is 0. The summed E-state index contributed by atoms with van der Waals surface area (Å²) in [4.78, 5) is 0. The molecule has 0 spiro atoms. The van der Waals surface area contributed by atoms with Crippen LogP contribution in [-0.2, 0) is 0 Å². The van der Waals surface area contributed by atoms with Crippen molar-refractivity contribution in [1.29, 1.82) is 0 Å². The van der Waals surface area contributed by atoms with Gasteiger partial charge in [0.05, 0.1) is 0 Å². The Labute approximate surface area is 145 Å². The molecule has 0 aromatic rings. The Morgan fingerprint density at radius 2 is 1.53 bits per heavy atom. The van der Waals surface area contributed by atoms with Crippen molar-refractivity contribution in [2.75, 3.05) is 34.5 Å². The van der Waals surface area contributed by atoms with Gasteiger partial charge in [-0.3, -0.25) is 0 Å². The molecule has 0 aromatic heterocycles. The predicted octanol–water partition coefficient (Wildman–Crippen LogP) is 3.26. The molecule has 7 heteroatoms. The average molecular weight is 461 g/mol. The van der Waals surface area contributed by atoms with E-state index < -0.39 is 0 Å². The van der Waals surface area contributed by atoms with Crippen molar-refractivity contribution in [3.63, 3.8) is 0 Å². The van der Waals surface area contributed by atoms with Crippen molar-refractivity contribution in [2.24, 2.45) is 0 Å². The van der Waals surface area contributed by atoms with Gasteiger partial charge < -0.3 is 0 Å². The van der Waals surface area contributed by atoms with Crippen LogP contribution < -0.4 is 0 Å². The second-order valence-electron chi connectivity index (χ2n) is 3.46. The summed E-state index contributed by atoms with van der Waals surface area (Å²) < 4.78 is 0.378. The third-order valence-corrected chi connectivity index (χ3v) is 13.4. The van der Waals surface area contributed by atoms with Crippen molar-refractivity contribution in [2.45, 2.75) is 20.3 Å². The third kappa shape index (κ3) is 10.2. The molecule has 0 aliphatic heterocycles. The van der Waals surface area contributed by atoms with Crippen LogP contribution in [-0.4, -0.2) is 64.4 Å². The van der Waals surface area contributed by atoms with Gasteiger partial charge in [-0.1, -0.05) is 0 Å². The first-order valence-electron chi connectivity index (χ1n) is 5.47. The molecule has 0 amide bonds. The summed E-state index contributed by atoms with van der Waals surface area (Å²) in [6.45, 7) is 0. The molecule has 0 unspecified atom stereocenters. The molecule has 17 heavy (non-hydrogen) atoms. The van der Waals surface area contributed by atoms with Crippen LogP contribution in [0.1, 0.15) is 0 Å². The summed E-state index contributed by atoms with van der Waals surface area (Å²) in [6, 6.07) is 0. The first-order valence-corrected chi connectivity index (χ1v) is 13.6. The van der Waals surface area contributed by atoms with Gasteiger partial charge in [-0.15, -0.1) is 0 Å². The summed E-state index contributed by atoms with van der Waals surface area (Å²) >= 11 is 21.1. The Morgan fingerprint density at radius 1 is 0.882 bits per heavy atom. The van der Waals surface area contributed by atoms with Gasteiger partial charge in [-0.05, 0) is 0 Å². The normalized spacial score (nSPS) is 12.0. The zero-order chi connectivity index (χ0) is 13.0. The van der Waals surface area contributed by atoms with Crippen LogP contribution in [0.3, 0.4) is 0 Å². The number of thiol groups is 4. The molecule has 0 saturated carbocycles. The van der Waals surface area contributed by atoms with Crippen LogP contribution in [0.5, 0.6) is 0 Å². The Hall–Kier alpha value is 2.79. The molecule has 0 aliphatic rings. The summed E-state index contributed by atoms with van der Waals surface area (Å²) in [7, 11) is 0. The van der Waals surface area contributed by atoms with E-state index in [1.54, 1.807) is 0 Å². The topological polar surface area (TPSA) is 0 Å². The zero-order valence-corrected chi connectivity index (χ0v) is 17.7. The maximum absolute atomic E-state index is 4.54. The van der Waals surface area contributed by atoms with Crippen LogP contribution in [0.15, 0.2) is 0 Å². The molecule has 104 valence electrons. The Kier molecular flexibility index (Phi) is 16.0. The van der Waals surface area contributed by atoms with Crippen LogP contribution in [0.4, 0.5) is 0 Å². The molecule has 0 heterocycles. The van der Waals surface area contributed by atoms with Gasteiger partial charge in [0.1, 0.15) is 0 Å². The second-order valence-corrected chi connectivity index (χ2v) is 11.9. The van der Waals surface area contributed by atoms with Crippen molar-refractivity contribution in [1.82, 2.24) is 0 Å². The first-order chi connectivity index (χ1) is 8.24. The Bertz CT molecular complexity index is 167.